The lowest BCUT2D eigenvalue weighted by Crippen LogP contribution is -2.39. The van der Waals surface area contributed by atoms with Gasteiger partial charge < -0.3 is 30.2 Å². The summed E-state index contributed by atoms with van der Waals surface area (Å²) in [7, 11) is 4.64. The molecule has 212 valence electrons. The van der Waals surface area contributed by atoms with Gasteiger partial charge in [-0.2, -0.15) is 5.10 Å². The number of anilines is 2. The first-order valence-corrected chi connectivity index (χ1v) is 13.0. The van der Waals surface area contributed by atoms with Crippen molar-refractivity contribution in [2.75, 3.05) is 32.0 Å². The van der Waals surface area contributed by atoms with E-state index in [0.717, 1.165) is 11.1 Å². The zero-order chi connectivity index (χ0) is 29.0. The lowest BCUT2D eigenvalue weighted by atomic mass is 9.95. The highest BCUT2D eigenvalue weighted by molar-refractivity contribution is 5.96. The normalized spacial score (nSPS) is 14.7. The number of amides is 2. The van der Waals surface area contributed by atoms with E-state index in [1.165, 1.54) is 26.3 Å². The molecule has 3 aromatic rings. The molecule has 11 nitrogen and oxygen atoms in total. The highest BCUT2D eigenvalue weighted by atomic mass is 16.5. The van der Waals surface area contributed by atoms with Crippen molar-refractivity contribution in [3.05, 3.63) is 58.0 Å². The topological polar surface area (TPSA) is 144 Å². The van der Waals surface area contributed by atoms with Gasteiger partial charge in [0.15, 0.2) is 11.5 Å². The summed E-state index contributed by atoms with van der Waals surface area (Å²) in [6.07, 6.45) is 4.22. The molecule has 1 heterocycles. The Hall–Kier alpha value is -4.54. The Balaban J connectivity index is 1.88. The fraction of sp³-hybridized carbons (Fsp3) is 0.379. The standard InChI is InChI=1S/C29H35N5O6/c1-15(2)26(29(37)33-18-13-30-31-14-18)34-22-10-8-19-20(12-23(22)36)21(32-16(3)35)9-7-17-11-24(38-4)27(39-5)28(40-6)25(17)19/h8,10-15,21,26H,7,9H2,1-6H3,(H,30,31)(H,32,35)(H,33,37)(H,34,36)/t21-,26-/m0/s1. The molecular formula is C29H35N5O6. The van der Waals surface area contributed by atoms with Gasteiger partial charge >= 0.3 is 0 Å². The van der Waals surface area contributed by atoms with Gasteiger partial charge in [-0.05, 0) is 53.6 Å². The highest BCUT2D eigenvalue weighted by Gasteiger charge is 2.30. The molecular weight excluding hydrogens is 514 g/mol. The maximum absolute atomic E-state index is 13.6. The molecule has 2 aromatic carbocycles. The number of methoxy groups -OCH3 is 3. The number of hydrogen-bond donors (Lipinski definition) is 4. The molecule has 0 aliphatic heterocycles. The second-order valence-electron chi connectivity index (χ2n) is 9.94. The SMILES string of the molecule is COc1cc2c(c(OC)c1OC)-c1ccc(N[C@H](C(=O)Nc3cn[nH]c3)C(C)C)c(=O)cc1[C@@H](NC(C)=O)CC2. The van der Waals surface area contributed by atoms with Crippen LogP contribution in [0.2, 0.25) is 0 Å². The van der Waals surface area contributed by atoms with Crippen LogP contribution in [0.5, 0.6) is 17.2 Å². The zero-order valence-electron chi connectivity index (χ0n) is 23.5. The predicted molar refractivity (Wildman–Crippen MR) is 152 cm³/mol. The van der Waals surface area contributed by atoms with Crippen LogP contribution >= 0.6 is 0 Å². The quantitative estimate of drug-likeness (QED) is 0.317. The van der Waals surface area contributed by atoms with Crippen molar-refractivity contribution in [3.63, 3.8) is 0 Å². The van der Waals surface area contributed by atoms with Crippen molar-refractivity contribution in [3.8, 4) is 28.4 Å². The summed E-state index contributed by atoms with van der Waals surface area (Å²) in [5, 5.41) is 15.5. The van der Waals surface area contributed by atoms with Gasteiger partial charge in [-0.25, -0.2) is 0 Å². The Bertz CT molecular complexity index is 1450. The van der Waals surface area contributed by atoms with E-state index in [9.17, 15) is 14.4 Å². The lowest BCUT2D eigenvalue weighted by Gasteiger charge is -2.21. The third kappa shape index (κ3) is 5.73. The second kappa shape index (κ2) is 12.1. The molecule has 0 saturated carbocycles. The first kappa shape index (κ1) is 28.5. The molecule has 0 fully saturated rings. The van der Waals surface area contributed by atoms with Crippen LogP contribution in [0.4, 0.5) is 11.4 Å². The number of aromatic amines is 1. The number of aromatic nitrogens is 2. The molecule has 0 unspecified atom stereocenters. The number of aryl methyl sites for hydroxylation is 1. The second-order valence-corrected chi connectivity index (χ2v) is 9.94. The van der Waals surface area contributed by atoms with E-state index in [2.05, 4.69) is 26.1 Å². The Morgan fingerprint density at radius 3 is 2.42 bits per heavy atom. The van der Waals surface area contributed by atoms with E-state index in [1.54, 1.807) is 26.5 Å². The van der Waals surface area contributed by atoms with Crippen molar-refractivity contribution in [2.45, 2.75) is 45.7 Å². The van der Waals surface area contributed by atoms with Gasteiger partial charge in [-0.3, -0.25) is 19.5 Å². The van der Waals surface area contributed by atoms with Gasteiger partial charge in [0.05, 0.1) is 44.9 Å². The van der Waals surface area contributed by atoms with Crippen molar-refractivity contribution < 1.29 is 23.8 Å². The molecule has 2 atom stereocenters. The van der Waals surface area contributed by atoms with Crippen LogP contribution < -0.4 is 35.6 Å². The molecule has 4 N–H and O–H groups in total. The first-order chi connectivity index (χ1) is 19.2. The molecule has 2 amide bonds. The number of nitrogens with one attached hydrogen (secondary N) is 4. The molecule has 1 aliphatic carbocycles. The summed E-state index contributed by atoms with van der Waals surface area (Å²) in [6.45, 7) is 5.23. The molecule has 40 heavy (non-hydrogen) atoms. The third-order valence-electron chi connectivity index (χ3n) is 6.94. The van der Waals surface area contributed by atoms with Gasteiger partial charge in [0, 0.05) is 18.7 Å². The Morgan fingerprint density at radius 1 is 1.07 bits per heavy atom. The summed E-state index contributed by atoms with van der Waals surface area (Å²) >= 11 is 0. The van der Waals surface area contributed by atoms with E-state index >= 15 is 0 Å². The third-order valence-corrected chi connectivity index (χ3v) is 6.94. The van der Waals surface area contributed by atoms with E-state index in [1.807, 2.05) is 26.0 Å². The van der Waals surface area contributed by atoms with Crippen molar-refractivity contribution >= 4 is 23.2 Å². The van der Waals surface area contributed by atoms with E-state index in [-0.39, 0.29) is 28.8 Å². The fourth-order valence-electron chi connectivity index (χ4n) is 5.07. The zero-order valence-corrected chi connectivity index (χ0v) is 23.5. The van der Waals surface area contributed by atoms with Crippen LogP contribution in [-0.2, 0) is 16.0 Å². The number of H-pyrrole nitrogens is 1. The average Bonchev–Trinajstić information content (AvgIpc) is 3.32. The molecule has 0 spiro atoms. The number of benzene rings is 1. The van der Waals surface area contributed by atoms with Crippen LogP contribution in [0, 0.1) is 5.92 Å². The van der Waals surface area contributed by atoms with Crippen LogP contribution in [0.15, 0.2) is 41.5 Å². The Morgan fingerprint density at radius 2 is 1.82 bits per heavy atom. The summed E-state index contributed by atoms with van der Waals surface area (Å²) in [5.74, 6) is 0.762. The molecule has 0 bridgehead atoms. The number of fused-ring (bicyclic) bond motifs is 3. The first-order valence-electron chi connectivity index (χ1n) is 13.0. The highest BCUT2D eigenvalue weighted by Crippen LogP contribution is 2.50. The Kier molecular flexibility index (Phi) is 8.61. The monoisotopic (exact) mass is 549 g/mol. The molecule has 11 heteroatoms. The van der Waals surface area contributed by atoms with E-state index in [4.69, 9.17) is 14.2 Å². The van der Waals surface area contributed by atoms with Crippen LogP contribution in [0.1, 0.15) is 44.4 Å². The van der Waals surface area contributed by atoms with Crippen LogP contribution in [0.25, 0.3) is 11.1 Å². The van der Waals surface area contributed by atoms with Crippen LogP contribution in [0.3, 0.4) is 0 Å². The minimum absolute atomic E-state index is 0.140. The summed E-state index contributed by atoms with van der Waals surface area (Å²) < 4.78 is 17.0. The summed E-state index contributed by atoms with van der Waals surface area (Å²) in [5.41, 5.74) is 3.48. The summed E-state index contributed by atoms with van der Waals surface area (Å²) in [4.78, 5) is 38.9. The Labute approximate surface area is 232 Å². The van der Waals surface area contributed by atoms with Gasteiger partial charge in [0.25, 0.3) is 0 Å². The van der Waals surface area contributed by atoms with Crippen LogP contribution in [-0.4, -0.2) is 49.4 Å². The number of ether oxygens (including phenoxy) is 3. The van der Waals surface area contributed by atoms with Crippen molar-refractivity contribution in [1.82, 2.24) is 15.5 Å². The average molecular weight is 550 g/mol. The molecule has 1 aromatic heterocycles. The van der Waals surface area contributed by atoms with E-state index in [0.29, 0.717) is 46.9 Å². The minimum Gasteiger partial charge on any atom is -0.493 e. The maximum Gasteiger partial charge on any atom is 0.247 e. The molecule has 1 aliphatic rings. The van der Waals surface area contributed by atoms with Gasteiger partial charge in [0.1, 0.15) is 6.04 Å². The van der Waals surface area contributed by atoms with Gasteiger partial charge in [-0.1, -0.05) is 19.9 Å². The number of nitrogens with zero attached hydrogens (tertiary/aromatic N) is 1. The smallest absolute Gasteiger partial charge is 0.247 e. The number of rotatable bonds is 9. The lowest BCUT2D eigenvalue weighted by molar-refractivity contribution is -0.120. The van der Waals surface area contributed by atoms with Gasteiger partial charge in [-0.15, -0.1) is 0 Å². The largest absolute Gasteiger partial charge is 0.493 e. The maximum atomic E-state index is 13.6. The number of carbonyl (C=O) groups is 2. The molecule has 0 saturated heterocycles. The number of hydrogen-bond acceptors (Lipinski definition) is 8. The molecule has 4 rings (SSSR count). The minimum atomic E-state index is -0.706. The predicted octanol–water partition coefficient (Wildman–Crippen LogP) is 3.66. The fourth-order valence-corrected chi connectivity index (χ4v) is 5.07. The van der Waals surface area contributed by atoms with E-state index < -0.39 is 12.1 Å². The van der Waals surface area contributed by atoms with Gasteiger partial charge in [0.2, 0.25) is 23.0 Å². The van der Waals surface area contributed by atoms with Crippen molar-refractivity contribution in [1.29, 1.82) is 0 Å². The summed E-state index contributed by atoms with van der Waals surface area (Å²) in [6, 6.07) is 5.77. The van der Waals surface area contributed by atoms with Crippen molar-refractivity contribution in [2.24, 2.45) is 5.92 Å². The molecule has 0 radical (unpaired) electrons. The number of carbonyl (C=O) groups excluding carboxylic acids is 2.